The van der Waals surface area contributed by atoms with E-state index in [4.69, 9.17) is 9.47 Å². The first kappa shape index (κ1) is 22.7. The highest BCUT2D eigenvalue weighted by Gasteiger charge is 2.63. The van der Waals surface area contributed by atoms with E-state index in [1.54, 1.807) is 30.3 Å². The lowest BCUT2D eigenvalue weighted by Gasteiger charge is -2.38. The van der Waals surface area contributed by atoms with Gasteiger partial charge in [-0.1, -0.05) is 48.5 Å². The van der Waals surface area contributed by atoms with E-state index in [0.29, 0.717) is 5.56 Å². The minimum Gasteiger partial charge on any atom is -0.426 e. The fraction of sp³-hybridized carbons (Fsp3) is 0.292. The van der Waals surface area contributed by atoms with Gasteiger partial charge in [-0.3, -0.25) is 9.59 Å². The molecule has 4 rings (SSSR count). The highest BCUT2D eigenvalue weighted by atomic mass is 32.2. The quantitative estimate of drug-likeness (QED) is 0.366. The molecular weight excluding hydrogens is 444 g/mol. The summed E-state index contributed by atoms with van der Waals surface area (Å²) in [6, 6.07) is 16.6. The summed E-state index contributed by atoms with van der Waals surface area (Å²) in [5, 5.41) is -0.503. The number of hydrogen-bond donors (Lipinski definition) is 0. The lowest BCUT2D eigenvalue weighted by molar-refractivity contribution is -0.162. The molecule has 2 fully saturated rings. The van der Waals surface area contributed by atoms with Gasteiger partial charge in [0.2, 0.25) is 6.79 Å². The maximum absolute atomic E-state index is 12.8. The Balaban J connectivity index is 1.37. The first-order valence-electron chi connectivity index (χ1n) is 10.3. The summed E-state index contributed by atoms with van der Waals surface area (Å²) < 4.78 is 9.48. The predicted octanol–water partition coefficient (Wildman–Crippen LogP) is 2.62. The lowest BCUT2D eigenvalue weighted by atomic mass is 9.97. The van der Waals surface area contributed by atoms with Gasteiger partial charge in [0, 0.05) is 4.75 Å². The van der Waals surface area contributed by atoms with Gasteiger partial charge in [0.15, 0.2) is 0 Å². The van der Waals surface area contributed by atoms with Crippen molar-refractivity contribution < 1.29 is 28.7 Å². The summed E-state index contributed by atoms with van der Waals surface area (Å²) >= 11 is 1.36. The molecule has 170 valence electrons. The molecule has 0 aliphatic carbocycles. The van der Waals surface area contributed by atoms with Crippen LogP contribution < -0.4 is 0 Å². The number of carbonyl (C=O) groups excluding carboxylic acids is 4. The number of β-lactam (4-membered cyclic amide) rings is 1. The number of fused-ring (bicyclic) bond motifs is 1. The number of esters is 2. The largest absolute Gasteiger partial charge is 0.426 e. The Hall–Kier alpha value is -3.46. The number of rotatable bonds is 6. The van der Waals surface area contributed by atoms with Crippen molar-refractivity contribution >= 4 is 41.2 Å². The molecule has 0 bridgehead atoms. The molecule has 0 aromatic heterocycles. The maximum atomic E-state index is 12.8. The number of nitrogens with zero attached hydrogens (tertiary/aromatic N) is 2. The topological polar surface area (TPSA) is 102 Å². The Kier molecular flexibility index (Phi) is 6.33. The van der Waals surface area contributed by atoms with E-state index in [-0.39, 0.29) is 12.1 Å². The molecule has 2 aliphatic heterocycles. The smallest absolute Gasteiger partial charge is 0.340 e. The Labute approximate surface area is 195 Å². The van der Waals surface area contributed by atoms with E-state index >= 15 is 0 Å². The summed E-state index contributed by atoms with van der Waals surface area (Å²) in [6.07, 6.45) is 0.0939. The minimum absolute atomic E-state index is 0.0939. The summed E-state index contributed by atoms with van der Waals surface area (Å²) in [6.45, 7) is 3.07. The van der Waals surface area contributed by atoms with Gasteiger partial charge in [0.1, 0.15) is 17.1 Å². The molecule has 2 amide bonds. The molecule has 0 radical (unpaired) electrons. The first-order valence-corrected chi connectivity index (χ1v) is 11.2. The molecule has 33 heavy (non-hydrogen) atoms. The van der Waals surface area contributed by atoms with Crippen molar-refractivity contribution in [1.29, 1.82) is 0 Å². The van der Waals surface area contributed by atoms with Gasteiger partial charge in [0.05, 0.1) is 12.0 Å². The van der Waals surface area contributed by atoms with E-state index in [9.17, 15) is 19.2 Å². The monoisotopic (exact) mass is 466 g/mol. The third-order valence-electron chi connectivity index (χ3n) is 5.36. The van der Waals surface area contributed by atoms with Crippen LogP contribution in [0.3, 0.4) is 0 Å². The number of thioether (sulfide) groups is 1. The van der Waals surface area contributed by atoms with Crippen molar-refractivity contribution in [2.45, 2.75) is 36.4 Å². The van der Waals surface area contributed by atoms with E-state index in [0.717, 1.165) is 5.56 Å². The number of aliphatic imine (C=N–C) groups is 1. The molecule has 0 unspecified atom stereocenters. The van der Waals surface area contributed by atoms with Crippen LogP contribution in [0, 0.1) is 0 Å². The molecule has 0 saturated carbocycles. The molecule has 0 spiro atoms. The van der Waals surface area contributed by atoms with Gasteiger partial charge in [0.25, 0.3) is 11.8 Å². The first-order chi connectivity index (χ1) is 15.8. The van der Waals surface area contributed by atoms with Crippen molar-refractivity contribution in [3.8, 4) is 0 Å². The standard InChI is InChI=1S/C24H22N2O6S/c1-24(2)19(23(30)32-14-31-22(29)16-11-7-4-8-12-16)26-20(28)18(21(26)33-24)25-17(27)13-15-9-5-3-6-10-15/h3-12,19,21H,13-14H2,1-2H3/t19-,21+/m0/s1. The highest BCUT2D eigenvalue weighted by Crippen LogP contribution is 2.49. The predicted molar refractivity (Wildman–Crippen MR) is 121 cm³/mol. The second-order valence-corrected chi connectivity index (χ2v) is 9.86. The summed E-state index contributed by atoms with van der Waals surface area (Å²) in [7, 11) is 0. The van der Waals surface area contributed by atoms with Crippen molar-refractivity contribution in [2.24, 2.45) is 4.99 Å². The van der Waals surface area contributed by atoms with Crippen molar-refractivity contribution in [3.05, 3.63) is 71.8 Å². The third-order valence-corrected chi connectivity index (χ3v) is 6.86. The average molecular weight is 467 g/mol. The van der Waals surface area contributed by atoms with E-state index in [1.807, 2.05) is 44.2 Å². The van der Waals surface area contributed by atoms with Crippen LogP contribution in [0.4, 0.5) is 0 Å². The van der Waals surface area contributed by atoms with Gasteiger partial charge < -0.3 is 14.4 Å². The zero-order valence-electron chi connectivity index (χ0n) is 18.1. The molecule has 2 heterocycles. The van der Waals surface area contributed by atoms with E-state index < -0.39 is 46.7 Å². The Morgan fingerprint density at radius 2 is 1.64 bits per heavy atom. The SMILES string of the molecule is CC1(C)S[C@@H]2C(=NC(=O)Cc3ccccc3)C(=O)N2[C@H]1C(=O)OCOC(=O)c1ccccc1. The third kappa shape index (κ3) is 4.68. The second-order valence-electron chi connectivity index (χ2n) is 8.12. The van der Waals surface area contributed by atoms with Crippen LogP contribution >= 0.6 is 11.8 Å². The molecule has 2 aromatic rings. The Morgan fingerprint density at radius 3 is 2.30 bits per heavy atom. The summed E-state index contributed by atoms with van der Waals surface area (Å²) in [4.78, 5) is 55.2. The summed E-state index contributed by atoms with van der Waals surface area (Å²) in [5.41, 5.74) is 1.28. The van der Waals surface area contributed by atoms with Crippen LogP contribution in [0.1, 0.15) is 29.8 Å². The molecule has 2 aliphatic rings. The van der Waals surface area contributed by atoms with E-state index in [2.05, 4.69) is 4.99 Å². The van der Waals surface area contributed by atoms with Crippen LogP contribution in [0.5, 0.6) is 0 Å². The normalized spacial score (nSPS) is 21.8. The lowest BCUT2D eigenvalue weighted by Crippen LogP contribution is -2.63. The van der Waals surface area contributed by atoms with Crippen LogP contribution in [0.25, 0.3) is 0 Å². The number of hydrogen-bond acceptors (Lipinski definition) is 7. The Morgan fingerprint density at radius 1 is 1.00 bits per heavy atom. The van der Waals surface area contributed by atoms with Gasteiger partial charge >= 0.3 is 11.9 Å². The van der Waals surface area contributed by atoms with Gasteiger partial charge in [-0.25, -0.2) is 14.6 Å². The van der Waals surface area contributed by atoms with Crippen LogP contribution in [-0.4, -0.2) is 57.3 Å². The fourth-order valence-corrected chi connectivity index (χ4v) is 5.29. The van der Waals surface area contributed by atoms with Crippen molar-refractivity contribution in [3.63, 3.8) is 0 Å². The second kappa shape index (κ2) is 9.19. The fourth-order valence-electron chi connectivity index (χ4n) is 3.78. The van der Waals surface area contributed by atoms with E-state index in [1.165, 1.54) is 16.7 Å². The molecule has 2 aromatic carbocycles. The van der Waals surface area contributed by atoms with Crippen LogP contribution in [-0.2, 0) is 30.3 Å². The van der Waals surface area contributed by atoms with Crippen molar-refractivity contribution in [1.82, 2.24) is 4.90 Å². The van der Waals surface area contributed by atoms with Crippen LogP contribution in [0.2, 0.25) is 0 Å². The number of ether oxygens (including phenoxy) is 2. The number of carbonyl (C=O) groups is 4. The number of benzene rings is 2. The molecule has 8 nitrogen and oxygen atoms in total. The van der Waals surface area contributed by atoms with Crippen LogP contribution in [0.15, 0.2) is 65.7 Å². The zero-order valence-corrected chi connectivity index (χ0v) is 18.9. The van der Waals surface area contributed by atoms with Gasteiger partial charge in [-0.05, 0) is 31.5 Å². The molecule has 9 heteroatoms. The molecule has 0 N–H and O–H groups in total. The van der Waals surface area contributed by atoms with Gasteiger partial charge in [-0.2, -0.15) is 0 Å². The van der Waals surface area contributed by atoms with Crippen molar-refractivity contribution in [2.75, 3.05) is 6.79 Å². The average Bonchev–Trinajstić information content (AvgIpc) is 3.06. The van der Waals surface area contributed by atoms with Gasteiger partial charge in [-0.15, -0.1) is 11.8 Å². The molecule has 2 saturated heterocycles. The Bertz CT molecular complexity index is 1120. The minimum atomic E-state index is -0.890. The number of amides is 2. The maximum Gasteiger partial charge on any atom is 0.340 e. The zero-order chi connectivity index (χ0) is 23.6. The highest BCUT2D eigenvalue weighted by molar-refractivity contribution is 8.02. The molecular formula is C24H22N2O6S. The molecule has 2 atom stereocenters. The summed E-state index contributed by atoms with van der Waals surface area (Å²) in [5.74, 6) is -2.18.